The first-order valence-corrected chi connectivity index (χ1v) is 8.10. The van der Waals surface area contributed by atoms with Crippen LogP contribution in [0.3, 0.4) is 0 Å². The highest BCUT2D eigenvalue weighted by molar-refractivity contribution is 6.05. The SMILES string of the molecule is COc1ccc(C)cc1NC(=O)c1ccnc(Nc2ccc(F)c(F)c2)c1. The standard InChI is InChI=1S/C20H17F2N3O2/c1-12-3-6-18(27-2)17(9-12)25-20(26)13-7-8-23-19(10-13)24-14-4-5-15(21)16(22)11-14/h3-11H,1-2H3,(H,23,24)(H,25,26). The molecular formula is C20H17F2N3O2. The van der Waals surface area contributed by atoms with Crippen LogP contribution in [0.4, 0.5) is 26.0 Å². The average molecular weight is 369 g/mol. The largest absolute Gasteiger partial charge is 0.495 e. The minimum absolute atomic E-state index is 0.319. The summed E-state index contributed by atoms with van der Waals surface area (Å²) < 4.78 is 31.6. The maximum absolute atomic E-state index is 13.3. The fraction of sp³-hybridized carbons (Fsp3) is 0.100. The van der Waals surface area contributed by atoms with Crippen LogP contribution < -0.4 is 15.4 Å². The first-order chi connectivity index (χ1) is 13.0. The van der Waals surface area contributed by atoms with Crippen LogP contribution in [0, 0.1) is 18.6 Å². The number of nitrogens with zero attached hydrogens (tertiary/aromatic N) is 1. The Hall–Kier alpha value is -3.48. The van der Waals surface area contributed by atoms with Crippen molar-refractivity contribution in [3.05, 3.63) is 77.5 Å². The summed E-state index contributed by atoms with van der Waals surface area (Å²) in [5.41, 5.74) is 2.19. The van der Waals surface area contributed by atoms with Crippen LogP contribution in [0.5, 0.6) is 5.75 Å². The normalized spacial score (nSPS) is 10.4. The summed E-state index contributed by atoms with van der Waals surface area (Å²) in [5, 5.41) is 5.64. The molecule has 0 radical (unpaired) electrons. The summed E-state index contributed by atoms with van der Waals surface area (Å²) in [7, 11) is 1.52. The number of ether oxygens (including phenoxy) is 1. The van der Waals surface area contributed by atoms with Crippen molar-refractivity contribution in [1.29, 1.82) is 0 Å². The van der Waals surface area contributed by atoms with Crippen molar-refractivity contribution in [2.24, 2.45) is 0 Å². The van der Waals surface area contributed by atoms with E-state index in [9.17, 15) is 13.6 Å². The molecule has 2 N–H and O–H groups in total. The van der Waals surface area contributed by atoms with Crippen LogP contribution >= 0.6 is 0 Å². The predicted molar refractivity (Wildman–Crippen MR) is 99.6 cm³/mol. The van der Waals surface area contributed by atoms with Gasteiger partial charge in [0.25, 0.3) is 5.91 Å². The number of carbonyl (C=O) groups excluding carboxylic acids is 1. The summed E-state index contributed by atoms with van der Waals surface area (Å²) in [5.74, 6) is -1.39. The smallest absolute Gasteiger partial charge is 0.255 e. The Morgan fingerprint density at radius 2 is 1.85 bits per heavy atom. The van der Waals surface area contributed by atoms with Gasteiger partial charge < -0.3 is 15.4 Å². The summed E-state index contributed by atoms with van der Waals surface area (Å²) >= 11 is 0. The molecule has 1 aromatic heterocycles. The maximum Gasteiger partial charge on any atom is 0.255 e. The number of carbonyl (C=O) groups is 1. The van der Waals surface area contributed by atoms with Crippen molar-refractivity contribution < 1.29 is 18.3 Å². The molecule has 0 aliphatic heterocycles. The lowest BCUT2D eigenvalue weighted by Gasteiger charge is -2.12. The topological polar surface area (TPSA) is 63.2 Å². The van der Waals surface area contributed by atoms with Crippen LogP contribution in [-0.4, -0.2) is 18.0 Å². The highest BCUT2D eigenvalue weighted by atomic mass is 19.2. The quantitative estimate of drug-likeness (QED) is 0.686. The van der Waals surface area contributed by atoms with Crippen molar-refractivity contribution in [3.8, 4) is 5.75 Å². The molecule has 1 amide bonds. The van der Waals surface area contributed by atoms with Crippen molar-refractivity contribution in [2.75, 3.05) is 17.7 Å². The molecule has 0 saturated carbocycles. The number of aryl methyl sites for hydroxylation is 1. The third-order valence-corrected chi connectivity index (χ3v) is 3.82. The van der Waals surface area contributed by atoms with Gasteiger partial charge in [0.1, 0.15) is 11.6 Å². The zero-order chi connectivity index (χ0) is 19.4. The molecule has 0 spiro atoms. The minimum Gasteiger partial charge on any atom is -0.495 e. The Kier molecular flexibility index (Phi) is 5.30. The molecule has 0 bridgehead atoms. The van der Waals surface area contributed by atoms with Crippen molar-refractivity contribution >= 4 is 23.1 Å². The molecule has 0 aliphatic rings. The molecule has 0 atom stereocenters. The summed E-state index contributed by atoms with van der Waals surface area (Å²) in [6.07, 6.45) is 1.45. The number of amides is 1. The fourth-order valence-electron chi connectivity index (χ4n) is 2.48. The van der Waals surface area contributed by atoms with Gasteiger partial charge >= 0.3 is 0 Å². The Morgan fingerprint density at radius 1 is 1.04 bits per heavy atom. The summed E-state index contributed by atoms with van der Waals surface area (Å²) in [6, 6.07) is 11.9. The van der Waals surface area contributed by atoms with Crippen LogP contribution in [0.2, 0.25) is 0 Å². The molecule has 27 heavy (non-hydrogen) atoms. The van der Waals surface area contributed by atoms with Crippen LogP contribution in [0.25, 0.3) is 0 Å². The van der Waals surface area contributed by atoms with E-state index in [2.05, 4.69) is 15.6 Å². The molecule has 138 valence electrons. The second-order valence-electron chi connectivity index (χ2n) is 5.84. The van der Waals surface area contributed by atoms with Crippen molar-refractivity contribution in [2.45, 2.75) is 6.92 Å². The second kappa shape index (κ2) is 7.82. The van der Waals surface area contributed by atoms with Crippen molar-refractivity contribution in [3.63, 3.8) is 0 Å². The lowest BCUT2D eigenvalue weighted by atomic mass is 10.2. The third-order valence-electron chi connectivity index (χ3n) is 3.82. The monoisotopic (exact) mass is 369 g/mol. The number of nitrogens with one attached hydrogen (secondary N) is 2. The molecule has 0 unspecified atom stereocenters. The number of hydrogen-bond acceptors (Lipinski definition) is 4. The molecule has 3 rings (SSSR count). The molecule has 3 aromatic rings. The number of aromatic nitrogens is 1. The first-order valence-electron chi connectivity index (χ1n) is 8.10. The van der Waals surface area contributed by atoms with Gasteiger partial charge in [0.15, 0.2) is 11.6 Å². The number of benzene rings is 2. The number of halogens is 2. The van der Waals surface area contributed by atoms with E-state index in [1.54, 1.807) is 18.2 Å². The van der Waals surface area contributed by atoms with E-state index < -0.39 is 11.6 Å². The van der Waals surface area contributed by atoms with Gasteiger partial charge in [-0.25, -0.2) is 13.8 Å². The molecule has 0 aliphatic carbocycles. The zero-order valence-corrected chi connectivity index (χ0v) is 14.7. The predicted octanol–water partition coefficient (Wildman–Crippen LogP) is 4.67. The number of rotatable bonds is 5. The van der Waals surface area contributed by atoms with Crippen molar-refractivity contribution in [1.82, 2.24) is 4.98 Å². The Bertz CT molecular complexity index is 993. The van der Waals surface area contributed by atoms with Gasteiger partial charge in [-0.15, -0.1) is 0 Å². The molecule has 0 saturated heterocycles. The van der Waals surface area contributed by atoms with E-state index >= 15 is 0 Å². The zero-order valence-electron chi connectivity index (χ0n) is 14.7. The van der Waals surface area contributed by atoms with Gasteiger partial charge in [0, 0.05) is 23.5 Å². The molecule has 2 aromatic carbocycles. The Labute approximate surface area is 155 Å². The molecular weight excluding hydrogens is 352 g/mol. The number of hydrogen-bond donors (Lipinski definition) is 2. The number of pyridine rings is 1. The van der Waals surface area contributed by atoms with Crippen LogP contribution in [-0.2, 0) is 0 Å². The van der Waals surface area contributed by atoms with E-state index in [0.717, 1.165) is 17.7 Å². The van der Waals surface area contributed by atoms with E-state index in [4.69, 9.17) is 4.74 Å². The molecule has 5 nitrogen and oxygen atoms in total. The first kappa shape index (κ1) is 18.3. The van der Waals surface area contributed by atoms with Gasteiger partial charge in [0.05, 0.1) is 12.8 Å². The Morgan fingerprint density at radius 3 is 2.59 bits per heavy atom. The number of methoxy groups -OCH3 is 1. The van der Waals surface area contributed by atoms with Crippen LogP contribution in [0.15, 0.2) is 54.7 Å². The van der Waals surface area contributed by atoms with Gasteiger partial charge in [-0.1, -0.05) is 6.07 Å². The van der Waals surface area contributed by atoms with E-state index in [1.807, 2.05) is 13.0 Å². The van der Waals surface area contributed by atoms with E-state index in [-0.39, 0.29) is 5.91 Å². The van der Waals surface area contributed by atoms with Gasteiger partial charge in [-0.3, -0.25) is 4.79 Å². The summed E-state index contributed by atoms with van der Waals surface area (Å²) in [4.78, 5) is 16.7. The van der Waals surface area contributed by atoms with Crippen LogP contribution in [0.1, 0.15) is 15.9 Å². The Balaban J connectivity index is 1.79. The third kappa shape index (κ3) is 4.38. The lowest BCUT2D eigenvalue weighted by Crippen LogP contribution is -2.13. The summed E-state index contributed by atoms with van der Waals surface area (Å²) in [6.45, 7) is 1.91. The fourth-order valence-corrected chi connectivity index (χ4v) is 2.48. The number of anilines is 3. The average Bonchev–Trinajstić information content (AvgIpc) is 2.65. The molecule has 1 heterocycles. The van der Waals surface area contributed by atoms with E-state index in [1.165, 1.54) is 25.4 Å². The lowest BCUT2D eigenvalue weighted by molar-refractivity contribution is 0.102. The highest BCUT2D eigenvalue weighted by Crippen LogP contribution is 2.26. The molecule has 0 fully saturated rings. The van der Waals surface area contributed by atoms with Gasteiger partial charge in [-0.05, 0) is 48.9 Å². The van der Waals surface area contributed by atoms with E-state index in [0.29, 0.717) is 28.5 Å². The van der Waals surface area contributed by atoms with Gasteiger partial charge in [0.2, 0.25) is 0 Å². The minimum atomic E-state index is -0.972. The van der Waals surface area contributed by atoms with Gasteiger partial charge in [-0.2, -0.15) is 0 Å². The second-order valence-corrected chi connectivity index (χ2v) is 5.84. The maximum atomic E-state index is 13.3. The molecule has 7 heteroatoms. The highest BCUT2D eigenvalue weighted by Gasteiger charge is 2.11.